The van der Waals surface area contributed by atoms with Gasteiger partial charge in [0.1, 0.15) is 11.4 Å². The van der Waals surface area contributed by atoms with E-state index < -0.39 is 23.7 Å². The Labute approximate surface area is 150 Å². The molecule has 2 rings (SSSR count). The van der Waals surface area contributed by atoms with Crippen molar-refractivity contribution in [1.82, 2.24) is 10.2 Å². The predicted octanol–water partition coefficient (Wildman–Crippen LogP) is 3.48. The van der Waals surface area contributed by atoms with Crippen LogP contribution in [0.3, 0.4) is 0 Å². The van der Waals surface area contributed by atoms with Crippen molar-refractivity contribution in [3.8, 4) is 5.75 Å². The lowest BCUT2D eigenvalue weighted by molar-refractivity contribution is 0.0353. The maximum atomic E-state index is 12.4. The van der Waals surface area contributed by atoms with E-state index >= 15 is 0 Å². The molecule has 0 atom stereocenters. The van der Waals surface area contributed by atoms with E-state index in [2.05, 4.69) is 0 Å². The molecular weight excluding hydrogens is 338 g/mol. The van der Waals surface area contributed by atoms with Crippen LogP contribution in [0.15, 0.2) is 36.4 Å². The van der Waals surface area contributed by atoms with Crippen LogP contribution in [0.5, 0.6) is 5.75 Å². The number of carboxylic acid groups (broad SMARTS) is 1. The zero-order chi connectivity index (χ0) is 19.5. The third-order valence-electron chi connectivity index (χ3n) is 3.34. The van der Waals surface area contributed by atoms with Crippen molar-refractivity contribution >= 4 is 28.9 Å². The summed E-state index contributed by atoms with van der Waals surface area (Å²) in [5.41, 5.74) is -0.120. The summed E-state index contributed by atoms with van der Waals surface area (Å²) in [7, 11) is 0. The fraction of sp³-hybridized carbons (Fsp3) is 0.278. The van der Waals surface area contributed by atoms with E-state index in [1.54, 1.807) is 57.2 Å². The number of hydrogen-bond acceptors (Lipinski definition) is 5. The maximum absolute atomic E-state index is 12.4. The van der Waals surface area contributed by atoms with Crippen LogP contribution in [0, 0.1) is 5.41 Å². The summed E-state index contributed by atoms with van der Waals surface area (Å²) in [4.78, 5) is 24.1. The number of phenols is 1. The van der Waals surface area contributed by atoms with Crippen LogP contribution in [0.1, 0.15) is 26.3 Å². The molecule has 8 heteroatoms. The SMILES string of the molecule is CC(C)(C)OC(=O)N(Cc1ccc2cc(O)ccc2c1)C(=N)NC(=O)O. The number of amides is 2. The van der Waals surface area contributed by atoms with Crippen LogP contribution in [-0.2, 0) is 11.3 Å². The number of carbonyl (C=O) groups excluding carboxylic acids is 1. The molecule has 2 aromatic rings. The normalized spacial score (nSPS) is 11.0. The standard InChI is InChI=1S/C18H21N3O5/c1-18(2,3)26-17(25)21(15(19)20-16(23)24)10-11-4-5-13-9-14(22)7-6-12(13)8-11/h4-9,22H,10H2,1-3H3,(H2,19,20)(H,23,24). The zero-order valence-electron chi connectivity index (χ0n) is 14.7. The number of phenolic OH excluding ortho intramolecular Hbond substituents is 1. The molecule has 2 amide bonds. The van der Waals surface area contributed by atoms with Gasteiger partial charge in [-0.05, 0) is 55.3 Å². The summed E-state index contributed by atoms with van der Waals surface area (Å²) in [6.45, 7) is 4.99. The van der Waals surface area contributed by atoms with E-state index in [1.165, 1.54) is 0 Å². The summed E-state index contributed by atoms with van der Waals surface area (Å²) in [6, 6.07) is 10.2. The van der Waals surface area contributed by atoms with Crippen LogP contribution >= 0.6 is 0 Å². The van der Waals surface area contributed by atoms with Crippen LogP contribution in [0.25, 0.3) is 10.8 Å². The first-order chi connectivity index (χ1) is 12.0. The Morgan fingerprint density at radius 3 is 2.38 bits per heavy atom. The highest BCUT2D eigenvalue weighted by Crippen LogP contribution is 2.22. The van der Waals surface area contributed by atoms with Crippen molar-refractivity contribution in [2.75, 3.05) is 0 Å². The minimum Gasteiger partial charge on any atom is -0.508 e. The van der Waals surface area contributed by atoms with Gasteiger partial charge in [0.25, 0.3) is 0 Å². The van der Waals surface area contributed by atoms with Crippen molar-refractivity contribution < 1.29 is 24.5 Å². The summed E-state index contributed by atoms with van der Waals surface area (Å²) in [6.07, 6.45) is -2.28. The summed E-state index contributed by atoms with van der Waals surface area (Å²) < 4.78 is 5.26. The number of guanidine groups is 1. The van der Waals surface area contributed by atoms with E-state index in [0.29, 0.717) is 5.56 Å². The van der Waals surface area contributed by atoms with Crippen molar-refractivity contribution in [2.24, 2.45) is 0 Å². The lowest BCUT2D eigenvalue weighted by Crippen LogP contribution is -2.47. The fourth-order valence-corrected chi connectivity index (χ4v) is 2.28. The molecule has 0 aliphatic carbocycles. The van der Waals surface area contributed by atoms with E-state index in [4.69, 9.17) is 15.3 Å². The van der Waals surface area contributed by atoms with Gasteiger partial charge in [-0.2, -0.15) is 0 Å². The summed E-state index contributed by atoms with van der Waals surface area (Å²) in [5, 5.41) is 29.7. The zero-order valence-corrected chi connectivity index (χ0v) is 14.7. The smallest absolute Gasteiger partial charge is 0.417 e. The van der Waals surface area contributed by atoms with Crippen LogP contribution in [-0.4, -0.2) is 38.9 Å². The van der Waals surface area contributed by atoms with Gasteiger partial charge in [-0.25, -0.2) is 14.5 Å². The number of ether oxygens (including phenoxy) is 1. The fourth-order valence-electron chi connectivity index (χ4n) is 2.28. The van der Waals surface area contributed by atoms with Crippen LogP contribution < -0.4 is 5.32 Å². The second-order valence-electron chi connectivity index (χ2n) is 6.71. The molecule has 0 spiro atoms. The molecule has 0 fully saturated rings. The molecule has 0 radical (unpaired) electrons. The Bertz CT molecular complexity index is 858. The minimum absolute atomic E-state index is 0.0508. The van der Waals surface area contributed by atoms with Gasteiger partial charge in [0.15, 0.2) is 0 Å². The Morgan fingerprint density at radius 1 is 1.15 bits per heavy atom. The monoisotopic (exact) mass is 359 g/mol. The molecule has 0 aromatic heterocycles. The molecule has 0 saturated carbocycles. The summed E-state index contributed by atoms with van der Waals surface area (Å²) >= 11 is 0. The first kappa shape index (κ1) is 19.0. The molecular formula is C18H21N3O5. The van der Waals surface area contributed by atoms with Crippen LogP contribution in [0.4, 0.5) is 9.59 Å². The van der Waals surface area contributed by atoms with Gasteiger partial charge < -0.3 is 14.9 Å². The third-order valence-corrected chi connectivity index (χ3v) is 3.34. The van der Waals surface area contributed by atoms with Gasteiger partial charge >= 0.3 is 12.2 Å². The molecule has 0 unspecified atom stereocenters. The largest absolute Gasteiger partial charge is 0.508 e. The van der Waals surface area contributed by atoms with Crippen molar-refractivity contribution in [3.05, 3.63) is 42.0 Å². The number of carbonyl (C=O) groups is 2. The molecule has 4 N–H and O–H groups in total. The number of hydrogen-bond donors (Lipinski definition) is 4. The van der Waals surface area contributed by atoms with E-state index in [9.17, 15) is 14.7 Å². The van der Waals surface area contributed by atoms with Crippen LogP contribution in [0.2, 0.25) is 0 Å². The van der Waals surface area contributed by atoms with E-state index in [-0.39, 0.29) is 12.3 Å². The summed E-state index contributed by atoms with van der Waals surface area (Å²) in [5.74, 6) is -0.453. The molecule has 26 heavy (non-hydrogen) atoms. The van der Waals surface area contributed by atoms with Crippen molar-refractivity contribution in [2.45, 2.75) is 32.9 Å². The Hall–Kier alpha value is -3.29. The first-order valence-corrected chi connectivity index (χ1v) is 7.86. The van der Waals surface area contributed by atoms with Gasteiger partial charge in [0.05, 0.1) is 6.54 Å². The molecule has 138 valence electrons. The lowest BCUT2D eigenvalue weighted by Gasteiger charge is -2.27. The highest BCUT2D eigenvalue weighted by molar-refractivity contribution is 5.99. The number of nitrogens with one attached hydrogen (secondary N) is 2. The van der Waals surface area contributed by atoms with Gasteiger partial charge in [0, 0.05) is 0 Å². The van der Waals surface area contributed by atoms with Crippen molar-refractivity contribution in [1.29, 1.82) is 5.41 Å². The topological polar surface area (TPSA) is 123 Å². The number of rotatable bonds is 2. The molecule has 0 bridgehead atoms. The Balaban J connectivity index is 2.30. The lowest BCUT2D eigenvalue weighted by atomic mass is 10.1. The number of nitrogens with zero attached hydrogens (tertiary/aromatic N) is 1. The Kier molecular flexibility index (Phi) is 5.35. The highest BCUT2D eigenvalue weighted by atomic mass is 16.6. The minimum atomic E-state index is -1.45. The van der Waals surface area contributed by atoms with Crippen molar-refractivity contribution in [3.63, 3.8) is 0 Å². The van der Waals surface area contributed by atoms with Gasteiger partial charge in [-0.3, -0.25) is 10.7 Å². The molecule has 8 nitrogen and oxygen atoms in total. The van der Waals surface area contributed by atoms with E-state index in [0.717, 1.165) is 15.7 Å². The third kappa shape index (κ3) is 5.10. The highest BCUT2D eigenvalue weighted by Gasteiger charge is 2.26. The average molecular weight is 359 g/mol. The van der Waals surface area contributed by atoms with Gasteiger partial charge in [-0.1, -0.05) is 18.2 Å². The number of benzene rings is 2. The molecule has 0 saturated heterocycles. The number of fused-ring (bicyclic) bond motifs is 1. The van der Waals surface area contributed by atoms with Gasteiger partial charge in [0.2, 0.25) is 5.96 Å². The second kappa shape index (κ2) is 7.30. The Morgan fingerprint density at radius 2 is 1.77 bits per heavy atom. The molecule has 0 heterocycles. The molecule has 2 aromatic carbocycles. The van der Waals surface area contributed by atoms with Gasteiger partial charge in [-0.15, -0.1) is 0 Å². The second-order valence-corrected chi connectivity index (χ2v) is 6.71. The molecule has 0 aliphatic rings. The average Bonchev–Trinajstić information content (AvgIpc) is 2.50. The number of aromatic hydroxyl groups is 1. The quantitative estimate of drug-likeness (QED) is 0.483. The first-order valence-electron chi connectivity index (χ1n) is 7.86. The molecule has 0 aliphatic heterocycles. The predicted molar refractivity (Wildman–Crippen MR) is 96.3 cm³/mol. The maximum Gasteiger partial charge on any atom is 0.417 e. The van der Waals surface area contributed by atoms with E-state index in [1.807, 2.05) is 5.32 Å².